The maximum atomic E-state index is 16.7. The van der Waals surface area contributed by atoms with Gasteiger partial charge in [0.05, 0.1) is 9.75 Å². The first kappa shape index (κ1) is 39.8. The highest BCUT2D eigenvalue weighted by Crippen LogP contribution is 2.67. The second kappa shape index (κ2) is 14.9. The first-order chi connectivity index (χ1) is 29.4. The largest absolute Gasteiger partial charge is 0.487 e. The first-order valence-electron chi connectivity index (χ1n) is 20.7. The average Bonchev–Trinajstić information content (AvgIpc) is 3.84. The monoisotopic (exact) mass is 862 g/mol. The van der Waals surface area contributed by atoms with E-state index in [9.17, 15) is 0 Å². The lowest BCUT2D eigenvalue weighted by atomic mass is 9.90. The van der Waals surface area contributed by atoms with Crippen molar-refractivity contribution in [2.24, 2.45) is 0 Å². The topological polar surface area (TPSA) is 18.5 Å². The second-order valence-corrected chi connectivity index (χ2v) is 18.3. The number of ether oxygens (including phenoxy) is 2. The van der Waals surface area contributed by atoms with Crippen molar-refractivity contribution in [3.8, 4) is 22.6 Å². The molecule has 0 radical (unpaired) electrons. The predicted molar refractivity (Wildman–Crippen MR) is 238 cm³/mol. The number of fused-ring (bicyclic) bond motifs is 15. The number of benzene rings is 6. The van der Waals surface area contributed by atoms with E-state index in [1.54, 1.807) is 36.4 Å². The Morgan fingerprint density at radius 2 is 0.918 bits per heavy atom. The number of rotatable bonds is 6. The zero-order valence-electron chi connectivity index (χ0n) is 33.4. The number of halogens is 6. The van der Waals surface area contributed by atoms with Crippen LogP contribution in [0.1, 0.15) is 71.5 Å². The molecule has 2 nitrogen and oxygen atoms in total. The van der Waals surface area contributed by atoms with Gasteiger partial charge < -0.3 is 9.47 Å². The lowest BCUT2D eigenvalue weighted by Gasteiger charge is -2.26. The molecule has 0 fully saturated rings. The van der Waals surface area contributed by atoms with Gasteiger partial charge in [0, 0.05) is 53.6 Å². The summed E-state index contributed by atoms with van der Waals surface area (Å²) in [6.45, 7) is 3.60. The van der Waals surface area contributed by atoms with E-state index in [1.807, 2.05) is 24.3 Å². The molecule has 0 saturated carbocycles. The quantitative estimate of drug-likeness (QED) is 0.155. The number of thiophene rings is 2. The standard InChI is InChI=1S/C51H40F6O2S2/c1-3-5-11-29-17-21-33-31(25-29)19-23-37-43(33)44-34-22-18-30(12-6-4-2)26-32(34)20-24-38(44)59-28-42-46(36-14-8-10-16-40(36)61-42)48-47(49(52,53)51(56,57)50(48,54)55)45-35-13-7-9-15-39(35)60-41(45)27-58-37/h7-10,13-26H,3-6,11-12,27-28H2,1-2H3. The normalized spacial score (nSPS) is 16.7. The molecule has 0 atom stereocenters. The van der Waals surface area contributed by atoms with Crippen molar-refractivity contribution in [1.29, 1.82) is 0 Å². The van der Waals surface area contributed by atoms with Crippen molar-refractivity contribution in [1.82, 2.24) is 0 Å². The fraction of sp³-hybridized carbons (Fsp3) is 0.255. The highest BCUT2D eigenvalue weighted by molar-refractivity contribution is 7.19. The summed E-state index contributed by atoms with van der Waals surface area (Å²) >= 11 is 2.15. The van der Waals surface area contributed by atoms with Crippen LogP contribution in [0.2, 0.25) is 0 Å². The van der Waals surface area contributed by atoms with Crippen LogP contribution in [-0.2, 0) is 26.1 Å². The fourth-order valence-electron chi connectivity index (χ4n) is 9.17. The summed E-state index contributed by atoms with van der Waals surface area (Å²) in [7, 11) is 0. The molecule has 10 rings (SSSR count). The molecule has 8 aromatic rings. The predicted octanol–water partition coefficient (Wildman–Crippen LogP) is 16.1. The van der Waals surface area contributed by atoms with E-state index in [4.69, 9.17) is 9.47 Å². The van der Waals surface area contributed by atoms with Crippen LogP contribution < -0.4 is 9.47 Å². The number of alkyl halides is 6. The van der Waals surface area contributed by atoms with Gasteiger partial charge in [-0.1, -0.05) is 112 Å². The van der Waals surface area contributed by atoms with Gasteiger partial charge in [-0.3, -0.25) is 0 Å². The molecular formula is C51H40F6O2S2. The minimum absolute atomic E-state index is 0.135. The van der Waals surface area contributed by atoms with E-state index in [2.05, 4.69) is 50.2 Å². The van der Waals surface area contributed by atoms with Gasteiger partial charge in [-0.15, -0.1) is 22.7 Å². The molecule has 3 heterocycles. The number of aryl methyl sites for hydroxylation is 2. The Balaban J connectivity index is 1.31. The molecule has 1 aliphatic carbocycles. The molecule has 6 aromatic carbocycles. The Labute approximate surface area is 357 Å². The molecule has 0 unspecified atom stereocenters. The molecule has 0 spiro atoms. The van der Waals surface area contributed by atoms with E-state index < -0.39 is 28.9 Å². The summed E-state index contributed by atoms with van der Waals surface area (Å²) < 4.78 is 113. The molecule has 0 bridgehead atoms. The highest BCUT2D eigenvalue weighted by atomic mass is 32.1. The lowest BCUT2D eigenvalue weighted by Crippen LogP contribution is -2.49. The Morgan fingerprint density at radius 3 is 1.34 bits per heavy atom. The van der Waals surface area contributed by atoms with Gasteiger partial charge in [0.2, 0.25) is 0 Å². The lowest BCUT2D eigenvalue weighted by molar-refractivity contribution is -0.254. The first-order valence-corrected chi connectivity index (χ1v) is 22.3. The summed E-state index contributed by atoms with van der Waals surface area (Å²) in [5, 5.41) is 4.04. The molecule has 2 aliphatic rings. The van der Waals surface area contributed by atoms with Gasteiger partial charge in [-0.25, -0.2) is 0 Å². The molecular weight excluding hydrogens is 823 g/mol. The van der Waals surface area contributed by atoms with Crippen LogP contribution in [0, 0.1) is 0 Å². The highest BCUT2D eigenvalue weighted by Gasteiger charge is 2.80. The molecule has 10 heteroatoms. The third-order valence-corrected chi connectivity index (χ3v) is 14.5. The minimum atomic E-state index is -5.75. The van der Waals surface area contributed by atoms with Crippen LogP contribution in [0.25, 0.3) is 64.0 Å². The van der Waals surface area contributed by atoms with Gasteiger partial charge >= 0.3 is 17.8 Å². The van der Waals surface area contributed by atoms with E-state index >= 15 is 26.3 Å². The maximum absolute atomic E-state index is 16.7. The summed E-state index contributed by atoms with van der Waals surface area (Å²) in [5.74, 6) is -15.4. The summed E-state index contributed by atoms with van der Waals surface area (Å²) in [6, 6.07) is 33.4. The minimum Gasteiger partial charge on any atom is -0.487 e. The van der Waals surface area contributed by atoms with Gasteiger partial charge in [-0.05, 0) is 82.6 Å². The van der Waals surface area contributed by atoms with Gasteiger partial charge in [0.1, 0.15) is 24.7 Å². The smallest absolute Gasteiger partial charge is 0.380 e. The second-order valence-electron chi connectivity index (χ2n) is 16.0. The van der Waals surface area contributed by atoms with Gasteiger partial charge in [0.25, 0.3) is 0 Å². The summed E-state index contributed by atoms with van der Waals surface area (Å²) in [4.78, 5) is 0.270. The van der Waals surface area contributed by atoms with Crippen molar-refractivity contribution < 1.29 is 35.8 Å². The Morgan fingerprint density at radius 1 is 0.492 bits per heavy atom. The van der Waals surface area contributed by atoms with Crippen LogP contribution in [0.4, 0.5) is 26.3 Å². The van der Waals surface area contributed by atoms with Crippen molar-refractivity contribution in [2.75, 3.05) is 0 Å². The zero-order chi connectivity index (χ0) is 42.3. The molecule has 0 saturated heterocycles. The van der Waals surface area contributed by atoms with Crippen LogP contribution in [0.15, 0.2) is 109 Å². The maximum Gasteiger partial charge on any atom is 0.380 e. The summed E-state index contributed by atoms with van der Waals surface area (Å²) in [5.41, 5.74) is 0.341. The third kappa shape index (κ3) is 6.18. The fourth-order valence-corrected chi connectivity index (χ4v) is 11.4. The average molecular weight is 863 g/mol. The van der Waals surface area contributed by atoms with Crippen LogP contribution in [-0.4, -0.2) is 17.8 Å². The SMILES string of the molecule is CCCCc1ccc2c3c(ccc2c1)OCc1sc2ccccc2c1C1=C(c2c(sc4ccccc24)COc2ccc4cc(CCCC)ccc4c2-3)C(F)(F)C(F)(F)C1(F)F. The number of unbranched alkanes of at least 4 members (excludes halogenated alkanes) is 2. The number of hydrogen-bond donors (Lipinski definition) is 0. The van der Waals surface area contributed by atoms with Crippen LogP contribution in [0.5, 0.6) is 11.5 Å². The molecule has 310 valence electrons. The summed E-state index contributed by atoms with van der Waals surface area (Å²) in [6.07, 6.45) is 5.99. The van der Waals surface area contributed by atoms with Crippen LogP contribution in [0.3, 0.4) is 0 Å². The Hall–Kier alpha value is -5.32. The number of allylic oxidation sites excluding steroid dienone is 2. The van der Waals surface area contributed by atoms with E-state index in [0.717, 1.165) is 93.9 Å². The van der Waals surface area contributed by atoms with Crippen molar-refractivity contribution in [2.45, 2.75) is 83.4 Å². The van der Waals surface area contributed by atoms with Crippen LogP contribution >= 0.6 is 22.7 Å². The molecule has 0 amide bonds. The van der Waals surface area contributed by atoms with E-state index in [0.29, 0.717) is 20.9 Å². The Bertz CT molecular complexity index is 2860. The molecule has 2 aromatic heterocycles. The Kier molecular flexibility index (Phi) is 9.75. The van der Waals surface area contributed by atoms with E-state index in [-0.39, 0.29) is 44.9 Å². The third-order valence-electron chi connectivity index (χ3n) is 12.2. The van der Waals surface area contributed by atoms with Crippen molar-refractivity contribution in [3.05, 3.63) is 141 Å². The zero-order valence-corrected chi connectivity index (χ0v) is 35.1. The molecule has 0 N–H and O–H groups in total. The van der Waals surface area contributed by atoms with Gasteiger partial charge in [0.15, 0.2) is 0 Å². The van der Waals surface area contributed by atoms with Gasteiger partial charge in [-0.2, -0.15) is 26.3 Å². The van der Waals surface area contributed by atoms with Crippen molar-refractivity contribution >= 4 is 75.5 Å². The number of hydrogen-bond acceptors (Lipinski definition) is 4. The molecule has 1 aliphatic heterocycles. The molecule has 61 heavy (non-hydrogen) atoms. The van der Waals surface area contributed by atoms with Crippen molar-refractivity contribution in [3.63, 3.8) is 0 Å². The van der Waals surface area contributed by atoms with E-state index in [1.165, 1.54) is 23.3 Å².